The van der Waals surface area contributed by atoms with E-state index in [4.69, 9.17) is 11.6 Å². The maximum absolute atomic E-state index is 12.6. The van der Waals surface area contributed by atoms with Crippen LogP contribution in [-0.4, -0.2) is 42.0 Å². The number of aromatic nitrogens is 1. The van der Waals surface area contributed by atoms with E-state index in [1.54, 1.807) is 0 Å². The molecule has 1 aliphatic rings. The van der Waals surface area contributed by atoms with Crippen molar-refractivity contribution in [2.45, 2.75) is 24.3 Å². The number of aliphatic hydroxyl groups excluding tert-OH is 1. The molecule has 1 aliphatic heterocycles. The fourth-order valence-electron chi connectivity index (χ4n) is 2.25. The Labute approximate surface area is 125 Å². The fourth-order valence-corrected chi connectivity index (χ4v) is 4.90. The Morgan fingerprint density at radius 3 is 2.95 bits per heavy atom. The zero-order valence-electron chi connectivity index (χ0n) is 10.3. The van der Waals surface area contributed by atoms with Crippen LogP contribution in [0.15, 0.2) is 21.6 Å². The maximum Gasteiger partial charge on any atom is 0.246 e. The number of hydrogen-bond donors (Lipinski definition) is 1. The molecule has 2 rings (SSSR count). The number of pyridine rings is 1. The molecular weight excluding hydrogens is 356 g/mol. The summed E-state index contributed by atoms with van der Waals surface area (Å²) < 4.78 is 27.0. The molecule has 0 amide bonds. The van der Waals surface area contributed by atoms with Gasteiger partial charge in [-0.1, -0.05) is 18.5 Å². The van der Waals surface area contributed by atoms with Gasteiger partial charge in [-0.25, -0.2) is 13.4 Å². The van der Waals surface area contributed by atoms with Gasteiger partial charge in [-0.3, -0.25) is 0 Å². The zero-order valence-corrected chi connectivity index (χ0v) is 13.4. The highest BCUT2D eigenvalue weighted by atomic mass is 79.9. The van der Waals surface area contributed by atoms with E-state index in [-0.39, 0.29) is 22.6 Å². The molecule has 0 spiro atoms. The molecule has 1 N–H and O–H groups in total. The lowest BCUT2D eigenvalue weighted by atomic mass is 10.0. The topological polar surface area (TPSA) is 70.5 Å². The first-order chi connectivity index (χ1) is 8.87. The van der Waals surface area contributed by atoms with E-state index in [9.17, 15) is 13.5 Å². The lowest BCUT2D eigenvalue weighted by molar-refractivity contribution is 0.191. The van der Waals surface area contributed by atoms with Crippen LogP contribution in [0.3, 0.4) is 0 Å². The summed E-state index contributed by atoms with van der Waals surface area (Å²) in [6.07, 6.45) is 2.17. The third-order valence-electron chi connectivity index (χ3n) is 3.38. The monoisotopic (exact) mass is 368 g/mol. The first-order valence-electron chi connectivity index (χ1n) is 5.81. The van der Waals surface area contributed by atoms with Crippen LogP contribution in [0.25, 0.3) is 0 Å². The third-order valence-corrected chi connectivity index (χ3v) is 6.16. The van der Waals surface area contributed by atoms with E-state index in [1.165, 1.54) is 16.6 Å². The van der Waals surface area contributed by atoms with Gasteiger partial charge in [0, 0.05) is 17.2 Å². The Bertz CT molecular complexity index is 581. The van der Waals surface area contributed by atoms with Crippen molar-refractivity contribution in [3.63, 3.8) is 0 Å². The molecule has 19 heavy (non-hydrogen) atoms. The summed E-state index contributed by atoms with van der Waals surface area (Å²) >= 11 is 9.07. The van der Waals surface area contributed by atoms with Gasteiger partial charge in [-0.2, -0.15) is 4.31 Å². The molecule has 5 nitrogen and oxygen atoms in total. The Kier molecular flexibility index (Phi) is 4.52. The molecule has 1 saturated heterocycles. The van der Waals surface area contributed by atoms with Crippen LogP contribution in [0.2, 0.25) is 5.15 Å². The van der Waals surface area contributed by atoms with Gasteiger partial charge in [0.2, 0.25) is 10.0 Å². The molecule has 2 atom stereocenters. The summed E-state index contributed by atoms with van der Waals surface area (Å²) in [5.41, 5.74) is 0. The van der Waals surface area contributed by atoms with Gasteiger partial charge in [0.1, 0.15) is 10.0 Å². The van der Waals surface area contributed by atoms with Gasteiger partial charge in [-0.15, -0.1) is 0 Å². The predicted molar refractivity (Wildman–Crippen MR) is 75.5 cm³/mol. The number of rotatable bonds is 3. The first-order valence-corrected chi connectivity index (χ1v) is 8.42. The number of halogens is 2. The highest BCUT2D eigenvalue weighted by molar-refractivity contribution is 9.10. The van der Waals surface area contributed by atoms with Crippen molar-refractivity contribution in [2.75, 3.05) is 13.2 Å². The van der Waals surface area contributed by atoms with Crippen molar-refractivity contribution < 1.29 is 13.5 Å². The quantitative estimate of drug-likeness (QED) is 0.826. The molecule has 1 fully saturated rings. The van der Waals surface area contributed by atoms with Crippen LogP contribution in [0.4, 0.5) is 0 Å². The molecule has 0 aliphatic carbocycles. The van der Waals surface area contributed by atoms with Crippen molar-refractivity contribution >= 4 is 37.6 Å². The average Bonchev–Trinajstić information content (AvgIpc) is 2.74. The highest BCUT2D eigenvalue weighted by Crippen LogP contribution is 2.32. The van der Waals surface area contributed by atoms with Gasteiger partial charge in [0.15, 0.2) is 0 Å². The second-order valence-electron chi connectivity index (χ2n) is 4.57. The van der Waals surface area contributed by atoms with Crippen LogP contribution in [0.5, 0.6) is 0 Å². The Morgan fingerprint density at radius 2 is 2.32 bits per heavy atom. The number of hydrogen-bond acceptors (Lipinski definition) is 4. The van der Waals surface area contributed by atoms with Crippen LogP contribution >= 0.6 is 27.5 Å². The summed E-state index contributed by atoms with van der Waals surface area (Å²) in [6, 6.07) is 1.03. The SMILES string of the molecule is CC1CCN(S(=O)(=O)c2cc(Br)cnc2Cl)C1CO. The van der Waals surface area contributed by atoms with Gasteiger partial charge in [-0.05, 0) is 34.3 Å². The van der Waals surface area contributed by atoms with E-state index >= 15 is 0 Å². The molecule has 2 heterocycles. The molecule has 1 aromatic rings. The number of nitrogens with zero attached hydrogens (tertiary/aromatic N) is 2. The van der Waals surface area contributed by atoms with Gasteiger partial charge >= 0.3 is 0 Å². The number of aliphatic hydroxyl groups is 1. The average molecular weight is 370 g/mol. The lowest BCUT2D eigenvalue weighted by Crippen LogP contribution is -2.39. The minimum atomic E-state index is -3.74. The Morgan fingerprint density at radius 1 is 1.63 bits per heavy atom. The maximum atomic E-state index is 12.6. The smallest absolute Gasteiger partial charge is 0.246 e. The van der Waals surface area contributed by atoms with Crippen molar-refractivity contribution in [1.82, 2.24) is 9.29 Å². The number of sulfonamides is 1. The molecule has 0 bridgehead atoms. The van der Waals surface area contributed by atoms with Gasteiger partial charge < -0.3 is 5.11 Å². The van der Waals surface area contributed by atoms with Crippen LogP contribution in [0.1, 0.15) is 13.3 Å². The van der Waals surface area contributed by atoms with Crippen LogP contribution < -0.4 is 0 Å². The van der Waals surface area contributed by atoms with Crippen molar-refractivity contribution in [3.05, 3.63) is 21.9 Å². The first kappa shape index (κ1) is 15.2. The van der Waals surface area contributed by atoms with Crippen molar-refractivity contribution in [3.8, 4) is 0 Å². The van der Waals surface area contributed by atoms with E-state index in [2.05, 4.69) is 20.9 Å². The van der Waals surface area contributed by atoms with Crippen molar-refractivity contribution in [1.29, 1.82) is 0 Å². The van der Waals surface area contributed by atoms with Crippen LogP contribution in [0, 0.1) is 5.92 Å². The van der Waals surface area contributed by atoms with E-state index in [1.807, 2.05) is 6.92 Å². The molecule has 0 radical (unpaired) electrons. The predicted octanol–water partition coefficient (Wildman–Crippen LogP) is 1.89. The fraction of sp³-hybridized carbons (Fsp3) is 0.545. The minimum absolute atomic E-state index is 0.0314. The van der Waals surface area contributed by atoms with Crippen LogP contribution in [-0.2, 0) is 10.0 Å². The second-order valence-corrected chi connectivity index (χ2v) is 7.71. The highest BCUT2D eigenvalue weighted by Gasteiger charge is 2.40. The molecule has 0 saturated carbocycles. The summed E-state index contributed by atoms with van der Waals surface area (Å²) in [5, 5.41) is 9.32. The standard InChI is InChI=1S/C11H14BrClN2O3S/c1-7-2-3-15(9(7)6-16)19(17,18)10-4-8(12)5-14-11(10)13/h4-5,7,9,16H,2-3,6H2,1H3. The molecule has 2 unspecified atom stereocenters. The molecule has 0 aromatic carbocycles. The molecule has 106 valence electrons. The normalized spacial score (nSPS) is 24.8. The van der Waals surface area contributed by atoms with E-state index in [0.717, 1.165) is 6.42 Å². The summed E-state index contributed by atoms with van der Waals surface area (Å²) in [6.45, 7) is 2.12. The largest absolute Gasteiger partial charge is 0.395 e. The Hall–Kier alpha value is -0.210. The molecule has 8 heteroatoms. The van der Waals surface area contributed by atoms with E-state index < -0.39 is 16.1 Å². The van der Waals surface area contributed by atoms with Crippen molar-refractivity contribution in [2.24, 2.45) is 5.92 Å². The van der Waals surface area contributed by atoms with Gasteiger partial charge in [0.25, 0.3) is 0 Å². The third kappa shape index (κ3) is 2.80. The summed E-state index contributed by atoms with van der Waals surface area (Å²) in [7, 11) is -3.74. The molecule has 1 aromatic heterocycles. The Balaban J connectivity index is 2.45. The second kappa shape index (κ2) is 5.65. The summed E-state index contributed by atoms with van der Waals surface area (Å²) in [4.78, 5) is 3.81. The van der Waals surface area contributed by atoms with E-state index in [0.29, 0.717) is 11.0 Å². The van der Waals surface area contributed by atoms with Gasteiger partial charge in [0.05, 0.1) is 12.6 Å². The minimum Gasteiger partial charge on any atom is -0.395 e. The lowest BCUT2D eigenvalue weighted by Gasteiger charge is -2.24. The summed E-state index contributed by atoms with van der Waals surface area (Å²) in [5.74, 6) is 0.124. The molecular formula is C11H14BrClN2O3S. The zero-order chi connectivity index (χ0) is 14.2.